The highest BCUT2D eigenvalue weighted by Crippen LogP contribution is 2.46. The van der Waals surface area contributed by atoms with E-state index in [0.29, 0.717) is 18.5 Å². The lowest BCUT2D eigenvalue weighted by molar-refractivity contribution is -0.134. The minimum Gasteiger partial charge on any atom is -0.325 e. The van der Waals surface area contributed by atoms with Gasteiger partial charge in [-0.05, 0) is 37.1 Å². The summed E-state index contributed by atoms with van der Waals surface area (Å²) in [5.74, 6) is 3.74. The molecular weight excluding hydrogens is 225 g/mol. The Labute approximate surface area is 97.1 Å². The van der Waals surface area contributed by atoms with Crippen molar-refractivity contribution < 1.29 is 14.0 Å². The van der Waals surface area contributed by atoms with Crippen LogP contribution in [0.3, 0.4) is 0 Å². The summed E-state index contributed by atoms with van der Waals surface area (Å²) in [7, 11) is 0. The van der Waals surface area contributed by atoms with Crippen LogP contribution in [0.1, 0.15) is 12.8 Å². The lowest BCUT2D eigenvalue weighted by Crippen LogP contribution is -2.43. The van der Waals surface area contributed by atoms with Gasteiger partial charge in [-0.1, -0.05) is 0 Å². The summed E-state index contributed by atoms with van der Waals surface area (Å²) in [4.78, 5) is 23.3. The molecule has 90 valence electrons. The van der Waals surface area contributed by atoms with Crippen molar-refractivity contribution in [2.24, 2.45) is 11.3 Å². The van der Waals surface area contributed by atoms with Crippen LogP contribution in [0.2, 0.25) is 0 Å². The highest BCUT2D eigenvalue weighted by atomic mass is 19.1. The molecule has 0 radical (unpaired) electrons. The Bertz CT molecular complexity index is 454. The zero-order valence-corrected chi connectivity index (χ0v) is 9.00. The number of amides is 2. The molecular formula is C11H12FN3O2. The number of halogens is 1. The number of hydrazine groups is 1. The minimum absolute atomic E-state index is 0.385. The summed E-state index contributed by atoms with van der Waals surface area (Å²) in [6, 6.07) is 5.34. The standard InChI is InChI=1S/C11H12FN3O2/c12-7-1-3-8(4-2-7)14-9(16)11(5-6-11)10(17)15-13/h1-4H,5-6,13H2,(H,14,16)(H,15,17). The van der Waals surface area contributed by atoms with Crippen LogP contribution in [0.5, 0.6) is 0 Å². The third-order valence-electron chi connectivity index (χ3n) is 2.85. The molecule has 6 heteroatoms. The number of nitrogens with one attached hydrogen (secondary N) is 2. The lowest BCUT2D eigenvalue weighted by Gasteiger charge is -2.13. The average Bonchev–Trinajstić information content (AvgIpc) is 3.12. The molecule has 0 spiro atoms. The molecule has 1 aliphatic rings. The number of anilines is 1. The van der Waals surface area contributed by atoms with Gasteiger partial charge in [-0.2, -0.15) is 0 Å². The molecule has 4 N–H and O–H groups in total. The predicted molar refractivity (Wildman–Crippen MR) is 59.0 cm³/mol. The van der Waals surface area contributed by atoms with E-state index < -0.39 is 17.2 Å². The number of carbonyl (C=O) groups excluding carboxylic acids is 2. The topological polar surface area (TPSA) is 84.2 Å². The van der Waals surface area contributed by atoms with Crippen LogP contribution in [0.15, 0.2) is 24.3 Å². The molecule has 0 aromatic heterocycles. The Morgan fingerprint density at radius 1 is 1.18 bits per heavy atom. The Kier molecular flexibility index (Phi) is 2.81. The molecule has 0 atom stereocenters. The van der Waals surface area contributed by atoms with E-state index in [1.165, 1.54) is 24.3 Å². The molecule has 17 heavy (non-hydrogen) atoms. The fourth-order valence-corrected chi connectivity index (χ4v) is 1.60. The van der Waals surface area contributed by atoms with Gasteiger partial charge in [-0.3, -0.25) is 15.0 Å². The van der Waals surface area contributed by atoms with Crippen LogP contribution >= 0.6 is 0 Å². The summed E-state index contributed by atoms with van der Waals surface area (Å²) in [5, 5.41) is 2.57. The third kappa shape index (κ3) is 2.12. The second kappa shape index (κ2) is 4.14. The molecule has 1 fully saturated rings. The van der Waals surface area contributed by atoms with E-state index in [2.05, 4.69) is 5.32 Å². The zero-order chi connectivity index (χ0) is 12.5. The number of hydrogen-bond acceptors (Lipinski definition) is 3. The van der Waals surface area contributed by atoms with Crippen LogP contribution in [0.25, 0.3) is 0 Å². The van der Waals surface area contributed by atoms with Crippen molar-refractivity contribution in [3.63, 3.8) is 0 Å². The fraction of sp³-hybridized carbons (Fsp3) is 0.273. The Morgan fingerprint density at radius 2 is 1.76 bits per heavy atom. The minimum atomic E-state index is -1.05. The molecule has 0 unspecified atom stereocenters. The number of hydrogen-bond donors (Lipinski definition) is 3. The zero-order valence-electron chi connectivity index (χ0n) is 9.00. The van der Waals surface area contributed by atoms with E-state index in [1.807, 2.05) is 5.43 Å². The lowest BCUT2D eigenvalue weighted by atomic mass is 10.1. The summed E-state index contributed by atoms with van der Waals surface area (Å²) >= 11 is 0. The highest BCUT2D eigenvalue weighted by Gasteiger charge is 2.56. The maximum Gasteiger partial charge on any atom is 0.249 e. The SMILES string of the molecule is NNC(=O)C1(C(=O)Nc2ccc(F)cc2)CC1. The Hall–Kier alpha value is -1.95. The van der Waals surface area contributed by atoms with Crippen molar-refractivity contribution in [1.29, 1.82) is 0 Å². The van der Waals surface area contributed by atoms with E-state index in [-0.39, 0.29) is 5.82 Å². The first-order valence-electron chi connectivity index (χ1n) is 5.16. The first-order chi connectivity index (χ1) is 8.08. The molecule has 0 bridgehead atoms. The second-order valence-electron chi connectivity index (χ2n) is 4.02. The number of carbonyl (C=O) groups is 2. The van der Waals surface area contributed by atoms with Crippen molar-refractivity contribution in [1.82, 2.24) is 5.43 Å². The van der Waals surface area contributed by atoms with Gasteiger partial charge in [0.2, 0.25) is 11.8 Å². The van der Waals surface area contributed by atoms with E-state index >= 15 is 0 Å². The summed E-state index contributed by atoms with van der Waals surface area (Å²) in [5.41, 5.74) is 1.38. The van der Waals surface area contributed by atoms with Crippen molar-refractivity contribution in [3.8, 4) is 0 Å². The van der Waals surface area contributed by atoms with Crippen molar-refractivity contribution in [2.45, 2.75) is 12.8 Å². The van der Waals surface area contributed by atoms with Crippen molar-refractivity contribution >= 4 is 17.5 Å². The summed E-state index contributed by atoms with van der Waals surface area (Å²) < 4.78 is 12.7. The van der Waals surface area contributed by atoms with Gasteiger partial charge in [0.1, 0.15) is 11.2 Å². The maximum atomic E-state index is 12.7. The Balaban J connectivity index is 2.07. The number of nitrogens with two attached hydrogens (primary N) is 1. The number of rotatable bonds is 3. The van der Waals surface area contributed by atoms with Crippen molar-refractivity contribution in [2.75, 3.05) is 5.32 Å². The molecule has 1 aliphatic carbocycles. The van der Waals surface area contributed by atoms with E-state index in [0.717, 1.165) is 0 Å². The van der Waals surface area contributed by atoms with E-state index in [9.17, 15) is 14.0 Å². The molecule has 5 nitrogen and oxygen atoms in total. The first kappa shape index (κ1) is 11.5. The smallest absolute Gasteiger partial charge is 0.249 e. The first-order valence-corrected chi connectivity index (χ1v) is 5.16. The molecule has 0 saturated heterocycles. The van der Waals surface area contributed by atoms with E-state index in [4.69, 9.17) is 5.84 Å². The second-order valence-corrected chi connectivity index (χ2v) is 4.02. The van der Waals surface area contributed by atoms with Gasteiger partial charge in [0, 0.05) is 5.69 Å². The molecule has 1 aromatic rings. The van der Waals surface area contributed by atoms with Gasteiger partial charge in [-0.15, -0.1) is 0 Å². The van der Waals surface area contributed by atoms with Crippen LogP contribution in [-0.2, 0) is 9.59 Å². The normalized spacial score (nSPS) is 16.1. The predicted octanol–water partition coefficient (Wildman–Crippen LogP) is 0.534. The van der Waals surface area contributed by atoms with Crippen LogP contribution in [0.4, 0.5) is 10.1 Å². The third-order valence-corrected chi connectivity index (χ3v) is 2.85. The summed E-state index contributed by atoms with van der Waals surface area (Å²) in [6.07, 6.45) is 0.951. The molecule has 1 aromatic carbocycles. The summed E-state index contributed by atoms with van der Waals surface area (Å²) in [6.45, 7) is 0. The highest BCUT2D eigenvalue weighted by molar-refractivity contribution is 6.12. The van der Waals surface area contributed by atoms with Crippen LogP contribution < -0.4 is 16.6 Å². The Morgan fingerprint density at radius 3 is 2.24 bits per heavy atom. The largest absolute Gasteiger partial charge is 0.325 e. The molecule has 2 rings (SSSR count). The quantitative estimate of drug-likeness (QED) is 0.310. The fourth-order valence-electron chi connectivity index (χ4n) is 1.60. The molecule has 2 amide bonds. The number of benzene rings is 1. The monoisotopic (exact) mass is 237 g/mol. The van der Waals surface area contributed by atoms with Crippen LogP contribution in [0, 0.1) is 11.2 Å². The van der Waals surface area contributed by atoms with Gasteiger partial charge in [0.05, 0.1) is 0 Å². The van der Waals surface area contributed by atoms with Gasteiger partial charge in [-0.25, -0.2) is 10.2 Å². The van der Waals surface area contributed by atoms with Crippen molar-refractivity contribution in [3.05, 3.63) is 30.1 Å². The van der Waals surface area contributed by atoms with Gasteiger partial charge < -0.3 is 5.32 Å². The molecule has 1 saturated carbocycles. The maximum absolute atomic E-state index is 12.7. The van der Waals surface area contributed by atoms with E-state index in [1.54, 1.807) is 0 Å². The van der Waals surface area contributed by atoms with Crippen LogP contribution in [-0.4, -0.2) is 11.8 Å². The average molecular weight is 237 g/mol. The van der Waals surface area contributed by atoms with Gasteiger partial charge in [0.15, 0.2) is 0 Å². The molecule has 0 aliphatic heterocycles. The van der Waals surface area contributed by atoms with Gasteiger partial charge >= 0.3 is 0 Å². The van der Waals surface area contributed by atoms with Gasteiger partial charge in [0.25, 0.3) is 0 Å². The molecule has 0 heterocycles.